The normalized spacial score (nSPS) is 17.3. The number of ether oxygens (including phenoxy) is 1. The van der Waals surface area contributed by atoms with Crippen molar-refractivity contribution in [1.82, 2.24) is 19.1 Å². The first-order valence-electron chi connectivity index (χ1n) is 9.95. The smallest absolute Gasteiger partial charge is 0.242 e. The van der Waals surface area contributed by atoms with Crippen molar-refractivity contribution in [3.8, 4) is 5.75 Å². The van der Waals surface area contributed by atoms with Crippen LogP contribution in [0.15, 0.2) is 34.3 Å². The van der Waals surface area contributed by atoms with Gasteiger partial charge in [0.05, 0.1) is 11.5 Å². The second-order valence-electron chi connectivity index (χ2n) is 7.53. The molecule has 0 bridgehead atoms. The van der Waals surface area contributed by atoms with Crippen molar-refractivity contribution in [2.75, 3.05) is 44.4 Å². The quantitative estimate of drug-likeness (QED) is 0.441. The van der Waals surface area contributed by atoms with E-state index in [4.69, 9.17) is 4.74 Å². The molecule has 0 spiro atoms. The highest BCUT2D eigenvalue weighted by Gasteiger charge is 2.32. The molecular formula is C19H27N5O3S2. The second-order valence-corrected chi connectivity index (χ2v) is 10.7. The molecule has 1 aromatic carbocycles. The predicted octanol–water partition coefficient (Wildman–Crippen LogP) is 2.63. The van der Waals surface area contributed by atoms with Crippen LogP contribution in [0.1, 0.15) is 31.7 Å². The molecule has 1 saturated carbocycles. The van der Waals surface area contributed by atoms with E-state index in [-0.39, 0.29) is 4.90 Å². The average molecular weight is 438 g/mol. The van der Waals surface area contributed by atoms with Gasteiger partial charge in [-0.2, -0.15) is 0 Å². The number of sulfonamides is 1. The average Bonchev–Trinajstić information content (AvgIpc) is 3.23. The fourth-order valence-corrected chi connectivity index (χ4v) is 5.08. The molecule has 2 aromatic rings. The summed E-state index contributed by atoms with van der Waals surface area (Å²) in [6, 6.07) is 7.07. The maximum absolute atomic E-state index is 12.1. The summed E-state index contributed by atoms with van der Waals surface area (Å²) in [5.74, 6) is 2.43. The molecule has 4 rings (SSSR count). The number of anilines is 1. The molecule has 29 heavy (non-hydrogen) atoms. The lowest BCUT2D eigenvalue weighted by Crippen LogP contribution is -2.22. The van der Waals surface area contributed by atoms with Crippen molar-refractivity contribution >= 4 is 27.7 Å². The van der Waals surface area contributed by atoms with Gasteiger partial charge in [-0.25, -0.2) is 12.7 Å². The highest BCUT2D eigenvalue weighted by molar-refractivity contribution is 7.99. The van der Waals surface area contributed by atoms with Gasteiger partial charge in [-0.15, -0.1) is 10.2 Å². The third kappa shape index (κ3) is 4.54. The molecular weight excluding hydrogens is 410 g/mol. The van der Waals surface area contributed by atoms with Crippen LogP contribution in [-0.4, -0.2) is 67.0 Å². The van der Waals surface area contributed by atoms with Gasteiger partial charge in [0.15, 0.2) is 5.16 Å². The predicted molar refractivity (Wildman–Crippen MR) is 113 cm³/mol. The Hall–Kier alpha value is -1.78. The summed E-state index contributed by atoms with van der Waals surface area (Å²) in [6.07, 6.45) is 4.85. The molecule has 0 N–H and O–H groups in total. The Bertz CT molecular complexity index is 933. The van der Waals surface area contributed by atoms with E-state index in [2.05, 4.69) is 19.7 Å². The molecule has 1 aliphatic heterocycles. The second kappa shape index (κ2) is 8.53. The van der Waals surface area contributed by atoms with E-state index in [9.17, 15) is 8.42 Å². The minimum absolute atomic E-state index is 0.260. The van der Waals surface area contributed by atoms with Crippen LogP contribution in [0.3, 0.4) is 0 Å². The Kier molecular flexibility index (Phi) is 6.03. The van der Waals surface area contributed by atoms with E-state index < -0.39 is 10.0 Å². The van der Waals surface area contributed by atoms with E-state index in [1.165, 1.54) is 44.1 Å². The summed E-state index contributed by atoms with van der Waals surface area (Å²) in [7, 11) is -0.374. The molecule has 0 atom stereocenters. The maximum atomic E-state index is 12.1. The van der Waals surface area contributed by atoms with Gasteiger partial charge in [-0.3, -0.25) is 4.57 Å². The number of thioether (sulfide) groups is 1. The van der Waals surface area contributed by atoms with E-state index in [1.54, 1.807) is 36.0 Å². The Morgan fingerprint density at radius 1 is 1.14 bits per heavy atom. The molecule has 2 aliphatic rings. The van der Waals surface area contributed by atoms with Gasteiger partial charge in [-0.1, -0.05) is 11.8 Å². The van der Waals surface area contributed by atoms with Gasteiger partial charge < -0.3 is 9.64 Å². The molecule has 1 aromatic heterocycles. The topological polar surface area (TPSA) is 80.6 Å². The van der Waals surface area contributed by atoms with E-state index in [0.717, 1.165) is 29.9 Å². The van der Waals surface area contributed by atoms with Gasteiger partial charge in [-0.05, 0) is 49.9 Å². The number of nitrogens with zero attached hydrogens (tertiary/aromatic N) is 5. The molecule has 8 nitrogen and oxygen atoms in total. The zero-order valence-corrected chi connectivity index (χ0v) is 18.5. The zero-order valence-electron chi connectivity index (χ0n) is 16.8. The van der Waals surface area contributed by atoms with Crippen molar-refractivity contribution in [1.29, 1.82) is 0 Å². The fourth-order valence-electron chi connectivity index (χ4n) is 3.36. The van der Waals surface area contributed by atoms with Crippen molar-refractivity contribution in [3.05, 3.63) is 24.3 Å². The summed E-state index contributed by atoms with van der Waals surface area (Å²) in [5, 5.41) is 9.85. The van der Waals surface area contributed by atoms with Crippen molar-refractivity contribution in [3.63, 3.8) is 0 Å². The van der Waals surface area contributed by atoms with Crippen LogP contribution >= 0.6 is 11.8 Å². The lowest BCUT2D eigenvalue weighted by molar-refractivity contribution is 0.343. The molecule has 0 unspecified atom stereocenters. The Morgan fingerprint density at radius 3 is 2.45 bits per heavy atom. The minimum Gasteiger partial charge on any atom is -0.493 e. The highest BCUT2D eigenvalue weighted by atomic mass is 32.2. The monoisotopic (exact) mass is 437 g/mol. The lowest BCUT2D eigenvalue weighted by Gasteiger charge is -2.18. The van der Waals surface area contributed by atoms with E-state index in [0.29, 0.717) is 18.4 Å². The molecule has 0 amide bonds. The minimum atomic E-state index is -3.42. The van der Waals surface area contributed by atoms with Gasteiger partial charge in [0, 0.05) is 39.0 Å². The maximum Gasteiger partial charge on any atom is 0.242 e. The van der Waals surface area contributed by atoms with Crippen LogP contribution in [0.2, 0.25) is 0 Å². The summed E-state index contributed by atoms with van der Waals surface area (Å²) >= 11 is 1.66. The SMILES string of the molecule is CN(C)S(=O)(=O)c1ccc(OCCSc2nnc(N3CCCC3)n2C2CC2)cc1. The zero-order chi connectivity index (χ0) is 20.4. The van der Waals surface area contributed by atoms with Crippen LogP contribution < -0.4 is 9.64 Å². The van der Waals surface area contributed by atoms with Gasteiger partial charge >= 0.3 is 0 Å². The number of hydrogen-bond acceptors (Lipinski definition) is 7. The summed E-state index contributed by atoms with van der Waals surface area (Å²) in [5.41, 5.74) is 0. The van der Waals surface area contributed by atoms with Crippen LogP contribution in [0.5, 0.6) is 5.75 Å². The standard InChI is InChI=1S/C19H27N5O3S2/c1-22(2)29(25,26)17-9-7-16(8-10-17)27-13-14-28-19-21-20-18(23-11-3-4-12-23)24(19)15-5-6-15/h7-10,15H,3-6,11-14H2,1-2H3. The van der Waals surface area contributed by atoms with Crippen molar-refractivity contribution in [2.45, 2.75) is 41.8 Å². The molecule has 10 heteroatoms. The lowest BCUT2D eigenvalue weighted by atomic mass is 10.3. The van der Waals surface area contributed by atoms with Gasteiger partial charge in [0.25, 0.3) is 0 Å². The molecule has 1 saturated heterocycles. The Labute approximate surface area is 176 Å². The molecule has 158 valence electrons. The molecule has 2 fully saturated rings. The van der Waals surface area contributed by atoms with Gasteiger partial charge in [0.2, 0.25) is 16.0 Å². The van der Waals surface area contributed by atoms with Crippen LogP contribution in [0, 0.1) is 0 Å². The van der Waals surface area contributed by atoms with Crippen LogP contribution in [-0.2, 0) is 10.0 Å². The number of benzene rings is 1. The number of aromatic nitrogens is 3. The summed E-state index contributed by atoms with van der Waals surface area (Å²) < 4.78 is 33.5. The van der Waals surface area contributed by atoms with Crippen molar-refractivity contribution in [2.24, 2.45) is 0 Å². The number of rotatable bonds is 9. The highest BCUT2D eigenvalue weighted by Crippen LogP contribution is 2.41. The van der Waals surface area contributed by atoms with Crippen molar-refractivity contribution < 1.29 is 13.2 Å². The van der Waals surface area contributed by atoms with E-state index >= 15 is 0 Å². The largest absolute Gasteiger partial charge is 0.493 e. The molecule has 0 radical (unpaired) electrons. The van der Waals surface area contributed by atoms with Crippen LogP contribution in [0.25, 0.3) is 0 Å². The Balaban J connectivity index is 1.32. The summed E-state index contributed by atoms with van der Waals surface area (Å²) in [4.78, 5) is 2.60. The van der Waals surface area contributed by atoms with Gasteiger partial charge in [0.1, 0.15) is 5.75 Å². The fraction of sp³-hybridized carbons (Fsp3) is 0.579. The third-order valence-corrected chi connectivity index (χ3v) is 7.87. The summed E-state index contributed by atoms with van der Waals surface area (Å²) in [6.45, 7) is 2.65. The molecule has 2 heterocycles. The molecule has 1 aliphatic carbocycles. The first kappa shape index (κ1) is 20.5. The first-order chi connectivity index (χ1) is 14.0. The first-order valence-corrected chi connectivity index (χ1v) is 12.4. The Morgan fingerprint density at radius 2 is 1.83 bits per heavy atom. The number of hydrogen-bond donors (Lipinski definition) is 0. The third-order valence-electron chi connectivity index (χ3n) is 5.13. The van der Waals surface area contributed by atoms with Crippen LogP contribution in [0.4, 0.5) is 5.95 Å². The van der Waals surface area contributed by atoms with E-state index in [1.807, 2.05) is 0 Å².